The number of aromatic nitrogens is 1. The normalized spacial score (nSPS) is 22.7. The number of hydrogen-bond donors (Lipinski definition) is 1. The zero-order valence-corrected chi connectivity index (χ0v) is 14.7. The number of hydrogen-bond acceptors (Lipinski definition) is 4. The Morgan fingerprint density at radius 1 is 1.33 bits per heavy atom. The van der Waals surface area contributed by atoms with E-state index in [4.69, 9.17) is 4.74 Å². The van der Waals surface area contributed by atoms with Gasteiger partial charge in [-0.1, -0.05) is 32.3 Å². The highest BCUT2D eigenvalue weighted by Crippen LogP contribution is 2.35. The van der Waals surface area contributed by atoms with Crippen LogP contribution < -0.4 is 5.32 Å². The van der Waals surface area contributed by atoms with Gasteiger partial charge in [0, 0.05) is 25.5 Å². The molecule has 2 fully saturated rings. The number of rotatable bonds is 5. The maximum absolute atomic E-state index is 13.3. The van der Waals surface area contributed by atoms with Gasteiger partial charge in [0.15, 0.2) is 0 Å². The van der Waals surface area contributed by atoms with Crippen LogP contribution in [-0.4, -0.2) is 47.6 Å². The minimum absolute atomic E-state index is 0.0334. The fourth-order valence-corrected chi connectivity index (χ4v) is 4.11. The predicted molar refractivity (Wildman–Crippen MR) is 93.6 cm³/mol. The molecule has 1 atom stereocenters. The fraction of sp³-hybridized carbons (Fsp3) is 0.684. The summed E-state index contributed by atoms with van der Waals surface area (Å²) >= 11 is 0. The van der Waals surface area contributed by atoms with E-state index in [1.807, 2.05) is 18.3 Å². The number of nitrogens with one attached hydrogen (secondary N) is 1. The standard InChI is InChI=1S/C19H29N3O2/c1-2-17(16-7-6-10-20-15-16)21-18(23)19(8-4-3-5-9-19)22-11-13-24-14-12-22/h6-7,10,15,17H,2-5,8-9,11-14H2,1H3,(H,21,23)/t17-/m1/s1. The molecule has 0 unspecified atom stereocenters. The van der Waals surface area contributed by atoms with E-state index < -0.39 is 0 Å². The Hall–Kier alpha value is -1.46. The fourth-order valence-electron chi connectivity index (χ4n) is 4.11. The molecule has 2 heterocycles. The highest BCUT2D eigenvalue weighted by atomic mass is 16.5. The van der Waals surface area contributed by atoms with Crippen molar-refractivity contribution < 1.29 is 9.53 Å². The smallest absolute Gasteiger partial charge is 0.241 e. The van der Waals surface area contributed by atoms with Crippen molar-refractivity contribution in [2.75, 3.05) is 26.3 Å². The lowest BCUT2D eigenvalue weighted by atomic mass is 9.78. The Bertz CT molecular complexity index is 523. The number of pyridine rings is 1. The summed E-state index contributed by atoms with van der Waals surface area (Å²) in [6, 6.07) is 4.01. The number of ether oxygens (including phenoxy) is 1. The van der Waals surface area contributed by atoms with E-state index in [2.05, 4.69) is 22.1 Å². The monoisotopic (exact) mass is 331 g/mol. The van der Waals surface area contributed by atoms with Crippen LogP contribution in [0.5, 0.6) is 0 Å². The molecule has 1 saturated heterocycles. The average molecular weight is 331 g/mol. The third-order valence-electron chi connectivity index (χ3n) is 5.52. The van der Waals surface area contributed by atoms with Crippen LogP contribution in [0.3, 0.4) is 0 Å². The lowest BCUT2D eigenvalue weighted by molar-refractivity contribution is -0.141. The topological polar surface area (TPSA) is 54.5 Å². The van der Waals surface area contributed by atoms with Crippen molar-refractivity contribution in [2.45, 2.75) is 57.0 Å². The molecule has 1 aliphatic carbocycles. The molecular formula is C19H29N3O2. The van der Waals surface area contributed by atoms with E-state index in [-0.39, 0.29) is 17.5 Å². The van der Waals surface area contributed by atoms with E-state index in [0.717, 1.165) is 64.0 Å². The zero-order valence-electron chi connectivity index (χ0n) is 14.7. The Labute approximate surface area is 144 Å². The highest BCUT2D eigenvalue weighted by molar-refractivity contribution is 5.86. The van der Waals surface area contributed by atoms with Gasteiger partial charge in [-0.25, -0.2) is 0 Å². The lowest BCUT2D eigenvalue weighted by Gasteiger charge is -2.47. The van der Waals surface area contributed by atoms with Crippen LogP contribution in [0.1, 0.15) is 57.1 Å². The van der Waals surface area contributed by atoms with Crippen LogP contribution in [0.4, 0.5) is 0 Å². The van der Waals surface area contributed by atoms with Crippen molar-refractivity contribution in [3.63, 3.8) is 0 Å². The van der Waals surface area contributed by atoms with E-state index >= 15 is 0 Å². The number of amides is 1. The second-order valence-electron chi connectivity index (χ2n) is 6.91. The number of carbonyl (C=O) groups excluding carboxylic acids is 1. The van der Waals surface area contributed by atoms with Gasteiger partial charge < -0.3 is 10.1 Å². The van der Waals surface area contributed by atoms with Crippen LogP contribution >= 0.6 is 0 Å². The third-order valence-corrected chi connectivity index (χ3v) is 5.52. The molecule has 1 amide bonds. The van der Waals surface area contributed by atoms with Gasteiger partial charge in [-0.3, -0.25) is 14.7 Å². The largest absolute Gasteiger partial charge is 0.379 e. The predicted octanol–water partition coefficient (Wildman–Crippen LogP) is 2.68. The van der Waals surface area contributed by atoms with Crippen LogP contribution in [-0.2, 0) is 9.53 Å². The summed E-state index contributed by atoms with van der Waals surface area (Å²) in [6.07, 6.45) is 9.93. The summed E-state index contributed by atoms with van der Waals surface area (Å²) in [5.74, 6) is 0.194. The van der Waals surface area contributed by atoms with Gasteiger partial charge in [-0.2, -0.15) is 0 Å². The van der Waals surface area contributed by atoms with Crippen molar-refractivity contribution in [3.8, 4) is 0 Å². The van der Waals surface area contributed by atoms with Gasteiger partial charge in [-0.05, 0) is 30.9 Å². The maximum atomic E-state index is 13.3. The van der Waals surface area contributed by atoms with E-state index in [1.54, 1.807) is 6.20 Å². The first-order valence-electron chi connectivity index (χ1n) is 9.30. The van der Waals surface area contributed by atoms with Gasteiger partial charge in [-0.15, -0.1) is 0 Å². The molecule has 5 heteroatoms. The molecule has 0 radical (unpaired) electrons. The number of morpholine rings is 1. The molecule has 0 bridgehead atoms. The maximum Gasteiger partial charge on any atom is 0.241 e. The highest BCUT2D eigenvalue weighted by Gasteiger charge is 2.45. The minimum Gasteiger partial charge on any atom is -0.379 e. The number of nitrogens with zero attached hydrogens (tertiary/aromatic N) is 2. The van der Waals surface area contributed by atoms with Crippen LogP contribution in [0.25, 0.3) is 0 Å². The van der Waals surface area contributed by atoms with Gasteiger partial charge >= 0.3 is 0 Å². The van der Waals surface area contributed by atoms with Gasteiger partial charge in [0.05, 0.1) is 19.3 Å². The lowest BCUT2D eigenvalue weighted by Crippen LogP contribution is -2.62. The molecule has 24 heavy (non-hydrogen) atoms. The second-order valence-corrected chi connectivity index (χ2v) is 6.91. The van der Waals surface area contributed by atoms with E-state index in [0.29, 0.717) is 0 Å². The summed E-state index contributed by atoms with van der Waals surface area (Å²) in [5.41, 5.74) is 0.735. The van der Waals surface area contributed by atoms with Crippen LogP contribution in [0, 0.1) is 0 Å². The summed E-state index contributed by atoms with van der Waals surface area (Å²) in [5, 5.41) is 3.33. The first-order chi connectivity index (χ1) is 11.8. The molecule has 1 aromatic rings. The Balaban J connectivity index is 1.77. The first kappa shape index (κ1) is 17.4. The van der Waals surface area contributed by atoms with E-state index in [9.17, 15) is 4.79 Å². The van der Waals surface area contributed by atoms with Gasteiger partial charge in [0.2, 0.25) is 5.91 Å². The van der Waals surface area contributed by atoms with Crippen LogP contribution in [0.15, 0.2) is 24.5 Å². The van der Waals surface area contributed by atoms with Crippen molar-refractivity contribution >= 4 is 5.91 Å². The van der Waals surface area contributed by atoms with Crippen molar-refractivity contribution in [3.05, 3.63) is 30.1 Å². The summed E-state index contributed by atoms with van der Waals surface area (Å²) in [7, 11) is 0. The molecule has 2 aliphatic rings. The molecular weight excluding hydrogens is 302 g/mol. The van der Waals surface area contributed by atoms with Crippen molar-refractivity contribution in [1.82, 2.24) is 15.2 Å². The van der Waals surface area contributed by atoms with Crippen molar-refractivity contribution in [1.29, 1.82) is 0 Å². The molecule has 1 aromatic heterocycles. The first-order valence-corrected chi connectivity index (χ1v) is 9.30. The minimum atomic E-state index is -0.350. The van der Waals surface area contributed by atoms with E-state index in [1.165, 1.54) is 6.42 Å². The molecule has 1 aliphatic heterocycles. The van der Waals surface area contributed by atoms with Crippen molar-refractivity contribution in [2.24, 2.45) is 0 Å². The Morgan fingerprint density at radius 2 is 2.08 bits per heavy atom. The van der Waals surface area contributed by atoms with Crippen LogP contribution in [0.2, 0.25) is 0 Å². The average Bonchev–Trinajstić information content (AvgIpc) is 2.67. The van der Waals surface area contributed by atoms with Gasteiger partial charge in [0.1, 0.15) is 5.54 Å². The SMILES string of the molecule is CC[C@@H](NC(=O)C1(N2CCOCC2)CCCCC1)c1cccnc1. The molecule has 0 aromatic carbocycles. The third kappa shape index (κ3) is 3.62. The van der Waals surface area contributed by atoms with Gasteiger partial charge in [0.25, 0.3) is 0 Å². The molecule has 0 spiro atoms. The molecule has 3 rings (SSSR count). The molecule has 1 saturated carbocycles. The second kappa shape index (κ2) is 8.08. The molecule has 132 valence electrons. The summed E-state index contributed by atoms with van der Waals surface area (Å²) in [4.78, 5) is 19.9. The number of carbonyl (C=O) groups is 1. The quantitative estimate of drug-likeness (QED) is 0.901. The Kier molecular flexibility index (Phi) is 5.85. The molecule has 1 N–H and O–H groups in total. The summed E-state index contributed by atoms with van der Waals surface area (Å²) < 4.78 is 5.51. The zero-order chi connectivity index (χ0) is 16.8. The molecule has 5 nitrogen and oxygen atoms in total. The summed E-state index contributed by atoms with van der Waals surface area (Å²) in [6.45, 7) is 5.29. The Morgan fingerprint density at radius 3 is 2.71 bits per heavy atom.